The number of thiocarbonyl (C=S) groups is 1. The van der Waals surface area contributed by atoms with Gasteiger partial charge in [0.2, 0.25) is 0 Å². The molecular weight excluding hydrogens is 617 g/mol. The van der Waals surface area contributed by atoms with Gasteiger partial charge in [-0.1, -0.05) is 71.4 Å². The van der Waals surface area contributed by atoms with Crippen LogP contribution in [0.25, 0.3) is 6.08 Å². The van der Waals surface area contributed by atoms with Crippen LogP contribution in [0.3, 0.4) is 0 Å². The first kappa shape index (κ1) is 23.8. The first-order chi connectivity index (χ1) is 15.3. The van der Waals surface area contributed by atoms with Crippen LogP contribution in [-0.2, 0) is 11.4 Å². The highest BCUT2D eigenvalue weighted by Gasteiger charge is 2.33. The van der Waals surface area contributed by atoms with Crippen LogP contribution in [0.15, 0.2) is 74.5 Å². The molecule has 1 saturated heterocycles. The summed E-state index contributed by atoms with van der Waals surface area (Å²) in [7, 11) is 0. The minimum atomic E-state index is -0.187. The van der Waals surface area contributed by atoms with Crippen LogP contribution < -0.4 is 9.64 Å². The van der Waals surface area contributed by atoms with Gasteiger partial charge in [0.15, 0.2) is 4.32 Å². The van der Waals surface area contributed by atoms with Gasteiger partial charge in [-0.05, 0) is 79.9 Å². The van der Waals surface area contributed by atoms with E-state index >= 15 is 0 Å². The Hall–Kier alpha value is -1.35. The molecule has 0 N–H and O–H groups in total. The number of nitrogens with zero attached hydrogens (tertiary/aromatic N) is 1. The number of hydrogen-bond acceptors (Lipinski definition) is 4. The maximum Gasteiger partial charge on any atom is 0.270 e. The van der Waals surface area contributed by atoms with E-state index in [0.29, 0.717) is 37.3 Å². The molecule has 0 aromatic heterocycles. The van der Waals surface area contributed by atoms with E-state index in [1.165, 1.54) is 16.7 Å². The lowest BCUT2D eigenvalue weighted by molar-refractivity contribution is -0.113. The number of thioether (sulfide) groups is 1. The van der Waals surface area contributed by atoms with E-state index in [1.807, 2.05) is 36.4 Å². The van der Waals surface area contributed by atoms with Crippen LogP contribution in [0.1, 0.15) is 11.1 Å². The Balaban J connectivity index is 1.56. The fourth-order valence-electron chi connectivity index (χ4n) is 3.02. The van der Waals surface area contributed by atoms with Gasteiger partial charge in [0.05, 0.1) is 19.5 Å². The lowest BCUT2D eigenvalue weighted by Gasteiger charge is -2.14. The van der Waals surface area contributed by atoms with Crippen LogP contribution in [0, 0.1) is 0 Å². The van der Waals surface area contributed by atoms with Crippen molar-refractivity contribution in [3.63, 3.8) is 0 Å². The highest BCUT2D eigenvalue weighted by molar-refractivity contribution is 9.11. The Morgan fingerprint density at radius 3 is 2.44 bits per heavy atom. The Bertz CT molecular complexity index is 1240. The summed E-state index contributed by atoms with van der Waals surface area (Å²) in [5.74, 6) is 0.460. The molecule has 1 fully saturated rings. The molecule has 1 aliphatic rings. The molecule has 9 heteroatoms. The predicted molar refractivity (Wildman–Crippen MR) is 145 cm³/mol. The Labute approximate surface area is 222 Å². The monoisotopic (exact) mass is 627 g/mol. The molecule has 0 unspecified atom stereocenters. The van der Waals surface area contributed by atoms with Gasteiger partial charge in [-0.2, -0.15) is 0 Å². The largest absolute Gasteiger partial charge is 0.486 e. The second-order valence-corrected chi connectivity index (χ2v) is 10.9. The molecule has 0 radical (unpaired) electrons. The smallest absolute Gasteiger partial charge is 0.270 e. The average Bonchev–Trinajstić information content (AvgIpc) is 3.01. The molecule has 3 aromatic rings. The molecule has 0 bridgehead atoms. The Morgan fingerprint density at radius 1 is 1.03 bits per heavy atom. The third-order valence-corrected chi connectivity index (χ3v) is 7.59. The molecule has 0 atom stereocenters. The van der Waals surface area contributed by atoms with Crippen molar-refractivity contribution in [2.24, 2.45) is 0 Å². The SMILES string of the molecule is O=C1C(=Cc2cc(Br)c(OCc3ccccc3Cl)c(Br)c2)SC(=S)N1c1cccc(Cl)c1. The number of benzene rings is 3. The van der Waals surface area contributed by atoms with Crippen LogP contribution in [0.4, 0.5) is 5.69 Å². The molecule has 1 heterocycles. The number of ether oxygens (including phenoxy) is 1. The molecule has 3 aromatic carbocycles. The summed E-state index contributed by atoms with van der Waals surface area (Å²) in [6.45, 7) is 0.328. The number of hydrogen-bond donors (Lipinski definition) is 0. The predicted octanol–water partition coefficient (Wildman–Crippen LogP) is 8.50. The fourth-order valence-corrected chi connectivity index (χ4v) is 6.15. The van der Waals surface area contributed by atoms with Gasteiger partial charge in [0.1, 0.15) is 12.4 Å². The maximum atomic E-state index is 13.0. The third kappa shape index (κ3) is 5.24. The fraction of sp³-hybridized carbons (Fsp3) is 0.0435. The molecule has 162 valence electrons. The zero-order chi connectivity index (χ0) is 22.8. The van der Waals surface area contributed by atoms with Gasteiger partial charge in [-0.15, -0.1) is 0 Å². The van der Waals surface area contributed by atoms with E-state index in [0.717, 1.165) is 20.1 Å². The first-order valence-corrected chi connectivity index (χ1v) is 12.8. The van der Waals surface area contributed by atoms with Crippen LogP contribution >= 0.6 is 79.0 Å². The second-order valence-electron chi connectivity index (χ2n) is 6.69. The van der Waals surface area contributed by atoms with E-state index in [9.17, 15) is 4.79 Å². The Morgan fingerprint density at radius 2 is 1.75 bits per heavy atom. The molecule has 1 aliphatic heterocycles. The molecular formula is C23H13Br2Cl2NO2S2. The quantitative estimate of drug-likeness (QED) is 0.209. The molecule has 0 aliphatic carbocycles. The van der Waals surface area contributed by atoms with Crippen molar-refractivity contribution < 1.29 is 9.53 Å². The normalized spacial score (nSPS) is 15.0. The minimum Gasteiger partial charge on any atom is -0.486 e. The van der Waals surface area contributed by atoms with Crippen molar-refractivity contribution >= 4 is 101 Å². The molecule has 32 heavy (non-hydrogen) atoms. The number of carbonyl (C=O) groups is 1. The van der Waals surface area contributed by atoms with Crippen LogP contribution in [0.5, 0.6) is 5.75 Å². The average molecular weight is 630 g/mol. The molecule has 0 spiro atoms. The van der Waals surface area contributed by atoms with Gasteiger partial charge in [-0.25, -0.2) is 0 Å². The van der Waals surface area contributed by atoms with E-state index in [2.05, 4.69) is 31.9 Å². The summed E-state index contributed by atoms with van der Waals surface area (Å²) in [6.07, 6.45) is 1.80. The lowest BCUT2D eigenvalue weighted by Crippen LogP contribution is -2.27. The maximum absolute atomic E-state index is 13.0. The van der Waals surface area contributed by atoms with Crippen molar-refractivity contribution in [1.82, 2.24) is 0 Å². The summed E-state index contributed by atoms with van der Waals surface area (Å²) in [5.41, 5.74) is 2.36. The molecule has 3 nitrogen and oxygen atoms in total. The number of carbonyl (C=O) groups excluding carboxylic acids is 1. The number of halogens is 4. The standard InChI is InChI=1S/C23H13Br2Cl2NO2S2/c24-17-8-13(9-18(25)21(17)30-12-14-4-1-2-7-19(14)27)10-20-22(29)28(23(31)32-20)16-6-3-5-15(26)11-16/h1-11H,12H2. The summed E-state index contributed by atoms with van der Waals surface area (Å²) >= 11 is 26.1. The third-order valence-electron chi connectivity index (χ3n) is 4.51. The lowest BCUT2D eigenvalue weighted by atomic mass is 10.2. The van der Waals surface area contributed by atoms with Gasteiger partial charge >= 0.3 is 0 Å². The minimum absolute atomic E-state index is 0.187. The molecule has 0 saturated carbocycles. The summed E-state index contributed by atoms with van der Waals surface area (Å²) < 4.78 is 7.92. The number of anilines is 1. The number of rotatable bonds is 5. The molecule has 4 rings (SSSR count). The van der Waals surface area contributed by atoms with Crippen molar-refractivity contribution in [2.45, 2.75) is 6.61 Å². The van der Waals surface area contributed by atoms with E-state index in [4.69, 9.17) is 40.2 Å². The second kappa shape index (κ2) is 10.3. The van der Waals surface area contributed by atoms with Gasteiger partial charge < -0.3 is 4.74 Å². The summed E-state index contributed by atoms with van der Waals surface area (Å²) in [4.78, 5) is 15.0. The highest BCUT2D eigenvalue weighted by atomic mass is 79.9. The van der Waals surface area contributed by atoms with E-state index < -0.39 is 0 Å². The summed E-state index contributed by atoms with van der Waals surface area (Å²) in [5, 5.41) is 1.19. The highest BCUT2D eigenvalue weighted by Crippen LogP contribution is 2.39. The van der Waals surface area contributed by atoms with Crippen LogP contribution in [0.2, 0.25) is 10.0 Å². The van der Waals surface area contributed by atoms with E-state index in [-0.39, 0.29) is 5.91 Å². The Kier molecular flexibility index (Phi) is 7.65. The topological polar surface area (TPSA) is 29.5 Å². The zero-order valence-electron chi connectivity index (χ0n) is 16.2. The van der Waals surface area contributed by atoms with Gasteiger partial charge in [-0.3, -0.25) is 9.69 Å². The summed E-state index contributed by atoms with van der Waals surface area (Å²) in [6, 6.07) is 18.4. The zero-order valence-corrected chi connectivity index (χ0v) is 22.5. The van der Waals surface area contributed by atoms with Crippen molar-refractivity contribution in [2.75, 3.05) is 4.90 Å². The van der Waals surface area contributed by atoms with Crippen molar-refractivity contribution in [3.05, 3.63) is 95.7 Å². The molecule has 1 amide bonds. The first-order valence-electron chi connectivity index (χ1n) is 9.22. The van der Waals surface area contributed by atoms with E-state index in [1.54, 1.807) is 30.3 Å². The van der Waals surface area contributed by atoms with Gasteiger partial charge in [0.25, 0.3) is 5.91 Å². The van der Waals surface area contributed by atoms with Crippen molar-refractivity contribution in [3.8, 4) is 5.75 Å². The van der Waals surface area contributed by atoms with Gasteiger partial charge in [0, 0.05) is 15.6 Å². The van der Waals surface area contributed by atoms with Crippen LogP contribution in [-0.4, -0.2) is 10.2 Å². The number of amides is 1. The van der Waals surface area contributed by atoms with Crippen molar-refractivity contribution in [1.29, 1.82) is 0 Å².